The van der Waals surface area contributed by atoms with Gasteiger partial charge in [-0.2, -0.15) is 0 Å². The molecule has 1 atom stereocenters. The van der Waals surface area contributed by atoms with Gasteiger partial charge in [0.25, 0.3) is 0 Å². The van der Waals surface area contributed by atoms with Crippen molar-refractivity contribution in [3.63, 3.8) is 0 Å². The normalized spacial score (nSPS) is 14.7. The van der Waals surface area contributed by atoms with Crippen molar-refractivity contribution in [2.45, 2.75) is 63.6 Å². The number of amides is 2. The Balaban J connectivity index is 1.65. The van der Waals surface area contributed by atoms with Gasteiger partial charge in [0.15, 0.2) is 0 Å². The maximum Gasteiger partial charge on any atom is 0.243 e. The first-order valence-corrected chi connectivity index (χ1v) is 13.4. The maximum atomic E-state index is 13.8. The first-order valence-electron chi connectivity index (χ1n) is 12.6. The van der Waals surface area contributed by atoms with Crippen LogP contribution in [0.2, 0.25) is 10.0 Å². The van der Waals surface area contributed by atoms with Crippen molar-refractivity contribution >= 4 is 35.0 Å². The minimum atomic E-state index is -0.645. The fraction of sp³-hybridized carbons (Fsp3) is 0.333. The molecular weight excluding hydrogens is 491 g/mol. The summed E-state index contributed by atoms with van der Waals surface area (Å²) in [6.45, 7) is 0.334. The number of rotatable bonds is 9. The molecule has 1 aliphatic carbocycles. The minimum Gasteiger partial charge on any atom is -0.352 e. The highest BCUT2D eigenvalue weighted by molar-refractivity contribution is 6.35. The van der Waals surface area contributed by atoms with Gasteiger partial charge < -0.3 is 10.2 Å². The van der Waals surface area contributed by atoms with Gasteiger partial charge in [0, 0.05) is 29.1 Å². The molecule has 1 N–H and O–H groups in total. The molecule has 3 aromatic rings. The minimum absolute atomic E-state index is 0.0881. The van der Waals surface area contributed by atoms with E-state index in [1.54, 1.807) is 23.1 Å². The quantitative estimate of drug-likeness (QED) is 0.343. The molecule has 0 spiro atoms. The number of nitrogens with zero attached hydrogens (tertiary/aromatic N) is 1. The standard InChI is InChI=1S/C30H32Cl2N2O2/c31-25-17-16-24(27(32)20-25)19-29(35)34(21-23-12-6-2-7-13-23)28(18-22-10-4-1-5-11-22)30(36)33-26-14-8-3-9-15-26/h1-2,4-7,10-13,16-17,20,26,28H,3,8-9,14-15,18-19,21H2,(H,33,36). The third kappa shape index (κ3) is 7.35. The average molecular weight is 524 g/mol. The molecule has 1 unspecified atom stereocenters. The number of carbonyl (C=O) groups is 2. The van der Waals surface area contributed by atoms with Crippen LogP contribution in [-0.4, -0.2) is 28.8 Å². The van der Waals surface area contributed by atoms with Gasteiger partial charge in [-0.15, -0.1) is 0 Å². The average Bonchev–Trinajstić information content (AvgIpc) is 2.89. The highest BCUT2D eigenvalue weighted by atomic mass is 35.5. The zero-order chi connectivity index (χ0) is 25.3. The Morgan fingerprint density at radius 1 is 0.861 bits per heavy atom. The molecule has 4 rings (SSSR count). The van der Waals surface area contributed by atoms with E-state index in [4.69, 9.17) is 23.2 Å². The Labute approximate surface area is 223 Å². The Bertz CT molecular complexity index is 1150. The van der Waals surface area contributed by atoms with Crippen molar-refractivity contribution in [1.29, 1.82) is 0 Å². The molecule has 2 amide bonds. The Kier molecular flexibility index (Phi) is 9.43. The molecule has 0 aliphatic heterocycles. The van der Waals surface area contributed by atoms with Crippen molar-refractivity contribution in [3.05, 3.63) is 106 Å². The molecule has 1 fully saturated rings. The van der Waals surface area contributed by atoms with E-state index < -0.39 is 6.04 Å². The van der Waals surface area contributed by atoms with Gasteiger partial charge in [0.1, 0.15) is 6.04 Å². The molecule has 0 heterocycles. The van der Waals surface area contributed by atoms with Crippen molar-refractivity contribution in [1.82, 2.24) is 10.2 Å². The van der Waals surface area contributed by atoms with Gasteiger partial charge in [0.05, 0.1) is 6.42 Å². The molecule has 1 saturated carbocycles. The molecule has 4 nitrogen and oxygen atoms in total. The Hall–Kier alpha value is -2.82. The van der Waals surface area contributed by atoms with E-state index in [0.29, 0.717) is 28.6 Å². The summed E-state index contributed by atoms with van der Waals surface area (Å²) in [5.74, 6) is -0.250. The maximum absolute atomic E-state index is 13.8. The van der Waals surface area contributed by atoms with Crippen molar-refractivity contribution < 1.29 is 9.59 Å². The lowest BCUT2D eigenvalue weighted by atomic mass is 9.94. The molecular formula is C30H32Cl2N2O2. The highest BCUT2D eigenvalue weighted by Gasteiger charge is 2.32. The van der Waals surface area contributed by atoms with Crippen LogP contribution in [0.25, 0.3) is 0 Å². The van der Waals surface area contributed by atoms with E-state index in [1.165, 1.54) is 6.42 Å². The SMILES string of the molecule is O=C(NC1CCCCC1)C(Cc1ccccc1)N(Cc1ccccc1)C(=O)Cc1ccc(Cl)cc1Cl. The number of halogens is 2. The van der Waals surface area contributed by atoms with E-state index in [-0.39, 0.29) is 24.3 Å². The summed E-state index contributed by atoms with van der Waals surface area (Å²) >= 11 is 12.5. The van der Waals surface area contributed by atoms with Crippen LogP contribution in [-0.2, 0) is 29.0 Å². The van der Waals surface area contributed by atoms with Gasteiger partial charge in [-0.3, -0.25) is 9.59 Å². The Morgan fingerprint density at radius 3 is 2.14 bits per heavy atom. The third-order valence-electron chi connectivity index (χ3n) is 6.78. The van der Waals surface area contributed by atoms with Crippen LogP contribution in [0.15, 0.2) is 78.9 Å². The number of carbonyl (C=O) groups excluding carboxylic acids is 2. The number of benzene rings is 3. The van der Waals surface area contributed by atoms with Crippen LogP contribution < -0.4 is 5.32 Å². The van der Waals surface area contributed by atoms with Crippen LogP contribution in [0.5, 0.6) is 0 Å². The zero-order valence-electron chi connectivity index (χ0n) is 20.3. The lowest BCUT2D eigenvalue weighted by Crippen LogP contribution is -2.53. The van der Waals surface area contributed by atoms with Crippen molar-refractivity contribution in [3.8, 4) is 0 Å². The first kappa shape index (κ1) is 26.2. The second kappa shape index (κ2) is 12.9. The van der Waals surface area contributed by atoms with Gasteiger partial charge in [-0.1, -0.05) is 109 Å². The lowest BCUT2D eigenvalue weighted by Gasteiger charge is -2.33. The first-order chi connectivity index (χ1) is 17.5. The van der Waals surface area contributed by atoms with E-state index in [9.17, 15) is 9.59 Å². The van der Waals surface area contributed by atoms with Gasteiger partial charge in [-0.05, 0) is 41.7 Å². The predicted molar refractivity (Wildman–Crippen MR) is 146 cm³/mol. The lowest BCUT2D eigenvalue weighted by molar-refractivity contribution is -0.141. The topological polar surface area (TPSA) is 49.4 Å². The fourth-order valence-electron chi connectivity index (χ4n) is 4.81. The summed E-state index contributed by atoms with van der Waals surface area (Å²) in [7, 11) is 0. The monoisotopic (exact) mass is 522 g/mol. The molecule has 0 bridgehead atoms. The Morgan fingerprint density at radius 2 is 1.50 bits per heavy atom. The predicted octanol–water partition coefficient (Wildman–Crippen LogP) is 6.62. The molecule has 0 radical (unpaired) electrons. The summed E-state index contributed by atoms with van der Waals surface area (Å²) in [5.41, 5.74) is 2.67. The summed E-state index contributed by atoms with van der Waals surface area (Å²) < 4.78 is 0. The zero-order valence-corrected chi connectivity index (χ0v) is 21.8. The van der Waals surface area contributed by atoms with Crippen LogP contribution in [0.1, 0.15) is 48.8 Å². The second-order valence-corrected chi connectivity index (χ2v) is 10.3. The highest BCUT2D eigenvalue weighted by Crippen LogP contribution is 2.24. The van der Waals surface area contributed by atoms with Crippen molar-refractivity contribution in [2.24, 2.45) is 0 Å². The summed E-state index contributed by atoms with van der Waals surface area (Å²) in [6, 6.07) is 24.3. The third-order valence-corrected chi connectivity index (χ3v) is 7.36. The molecule has 0 saturated heterocycles. The van der Waals surface area contributed by atoms with E-state index in [1.807, 2.05) is 60.7 Å². The van der Waals surface area contributed by atoms with Gasteiger partial charge in [-0.25, -0.2) is 0 Å². The van der Waals surface area contributed by atoms with E-state index in [2.05, 4.69) is 5.32 Å². The van der Waals surface area contributed by atoms with Crippen LogP contribution in [0, 0.1) is 0 Å². The van der Waals surface area contributed by atoms with Crippen LogP contribution >= 0.6 is 23.2 Å². The molecule has 188 valence electrons. The second-order valence-electron chi connectivity index (χ2n) is 9.47. The van der Waals surface area contributed by atoms with Crippen LogP contribution in [0.4, 0.5) is 0 Å². The molecule has 6 heteroatoms. The number of hydrogen-bond donors (Lipinski definition) is 1. The summed E-state index contributed by atoms with van der Waals surface area (Å²) in [4.78, 5) is 29.3. The van der Waals surface area contributed by atoms with Crippen molar-refractivity contribution in [2.75, 3.05) is 0 Å². The van der Waals surface area contributed by atoms with E-state index in [0.717, 1.165) is 36.8 Å². The van der Waals surface area contributed by atoms with Gasteiger partial charge >= 0.3 is 0 Å². The van der Waals surface area contributed by atoms with E-state index >= 15 is 0 Å². The smallest absolute Gasteiger partial charge is 0.243 e. The van der Waals surface area contributed by atoms with Crippen LogP contribution in [0.3, 0.4) is 0 Å². The largest absolute Gasteiger partial charge is 0.352 e. The molecule has 0 aromatic heterocycles. The summed E-state index contributed by atoms with van der Waals surface area (Å²) in [6.07, 6.45) is 5.94. The fourth-order valence-corrected chi connectivity index (χ4v) is 5.28. The summed E-state index contributed by atoms with van der Waals surface area (Å²) in [5, 5.41) is 4.23. The number of nitrogens with one attached hydrogen (secondary N) is 1. The molecule has 36 heavy (non-hydrogen) atoms. The number of hydrogen-bond acceptors (Lipinski definition) is 2. The van der Waals surface area contributed by atoms with Gasteiger partial charge in [0.2, 0.25) is 11.8 Å². The molecule has 1 aliphatic rings. The molecule has 3 aromatic carbocycles.